The molecule has 1 saturated heterocycles. The summed E-state index contributed by atoms with van der Waals surface area (Å²) >= 11 is 0. The van der Waals surface area contributed by atoms with Crippen molar-refractivity contribution in [2.24, 2.45) is 0 Å². The lowest BCUT2D eigenvalue weighted by Crippen LogP contribution is -2.46. The van der Waals surface area contributed by atoms with E-state index in [-0.39, 0.29) is 17.5 Å². The molecule has 8 heteroatoms. The van der Waals surface area contributed by atoms with E-state index in [4.69, 9.17) is 5.26 Å². The summed E-state index contributed by atoms with van der Waals surface area (Å²) in [7, 11) is 2.01. The van der Waals surface area contributed by atoms with Crippen molar-refractivity contribution >= 4 is 22.8 Å². The Balaban J connectivity index is 1.45. The van der Waals surface area contributed by atoms with Crippen LogP contribution in [0, 0.1) is 17.1 Å². The van der Waals surface area contributed by atoms with E-state index >= 15 is 0 Å². The van der Waals surface area contributed by atoms with Crippen molar-refractivity contribution in [1.82, 2.24) is 19.9 Å². The van der Waals surface area contributed by atoms with Gasteiger partial charge in [0.1, 0.15) is 29.7 Å². The number of nitrogens with zero attached hydrogens (tertiary/aromatic N) is 5. The van der Waals surface area contributed by atoms with Crippen LogP contribution in [0.25, 0.3) is 11.0 Å². The second-order valence-electron chi connectivity index (χ2n) is 6.88. The van der Waals surface area contributed by atoms with Crippen LogP contribution >= 0.6 is 0 Å². The van der Waals surface area contributed by atoms with Gasteiger partial charge >= 0.3 is 0 Å². The summed E-state index contributed by atoms with van der Waals surface area (Å²) in [6, 6.07) is 7.91. The van der Waals surface area contributed by atoms with E-state index in [9.17, 15) is 9.18 Å². The van der Waals surface area contributed by atoms with Gasteiger partial charge in [-0.05, 0) is 37.1 Å². The summed E-state index contributed by atoms with van der Waals surface area (Å²) in [5.74, 6) is 0.0844. The summed E-state index contributed by atoms with van der Waals surface area (Å²) in [6.45, 7) is 1.18. The molecule has 1 fully saturated rings. The lowest BCUT2D eigenvalue weighted by Gasteiger charge is -2.37. The number of fused-ring (bicyclic) bond motifs is 1. The Morgan fingerprint density at radius 3 is 2.86 bits per heavy atom. The molecule has 0 bridgehead atoms. The van der Waals surface area contributed by atoms with E-state index in [1.54, 1.807) is 17.3 Å². The molecule has 3 heterocycles. The van der Waals surface area contributed by atoms with Crippen LogP contribution in [0.4, 0.5) is 10.2 Å². The Kier molecular flexibility index (Phi) is 4.65. The van der Waals surface area contributed by atoms with Gasteiger partial charge in [-0.25, -0.2) is 14.4 Å². The van der Waals surface area contributed by atoms with Crippen molar-refractivity contribution in [2.45, 2.75) is 18.9 Å². The molecule has 0 spiro atoms. The highest BCUT2D eigenvalue weighted by Gasteiger charge is 2.27. The monoisotopic (exact) mass is 378 g/mol. The fraction of sp³-hybridized carbons (Fsp3) is 0.300. The van der Waals surface area contributed by atoms with Gasteiger partial charge in [0.25, 0.3) is 5.91 Å². The highest BCUT2D eigenvalue weighted by Crippen LogP contribution is 2.26. The van der Waals surface area contributed by atoms with Gasteiger partial charge in [-0.2, -0.15) is 5.26 Å². The zero-order chi connectivity index (χ0) is 19.7. The number of H-pyrrole nitrogens is 1. The van der Waals surface area contributed by atoms with Crippen molar-refractivity contribution in [3.05, 3.63) is 53.7 Å². The largest absolute Gasteiger partial charge is 0.356 e. The molecule has 1 amide bonds. The molecule has 3 aromatic rings. The van der Waals surface area contributed by atoms with Gasteiger partial charge < -0.3 is 14.8 Å². The predicted octanol–water partition coefficient (Wildman–Crippen LogP) is 2.71. The Bertz CT molecular complexity index is 1060. The Morgan fingerprint density at radius 2 is 2.11 bits per heavy atom. The lowest BCUT2D eigenvalue weighted by molar-refractivity contribution is 0.0713. The Morgan fingerprint density at radius 1 is 1.32 bits per heavy atom. The van der Waals surface area contributed by atoms with Crippen LogP contribution in [0.2, 0.25) is 0 Å². The number of hydrogen-bond donors (Lipinski definition) is 1. The molecular weight excluding hydrogens is 359 g/mol. The van der Waals surface area contributed by atoms with Crippen molar-refractivity contribution in [2.75, 3.05) is 25.0 Å². The van der Waals surface area contributed by atoms with E-state index in [0.717, 1.165) is 29.7 Å². The second-order valence-corrected chi connectivity index (χ2v) is 6.88. The Labute approximate surface area is 161 Å². The number of aromatic nitrogens is 3. The first-order chi connectivity index (χ1) is 13.6. The summed E-state index contributed by atoms with van der Waals surface area (Å²) in [4.78, 5) is 28.4. The number of halogens is 1. The van der Waals surface area contributed by atoms with Crippen LogP contribution < -0.4 is 4.90 Å². The molecule has 1 N–H and O–H groups in total. The number of hydrogen-bond acceptors (Lipinski definition) is 5. The van der Waals surface area contributed by atoms with Crippen LogP contribution in [-0.2, 0) is 0 Å². The average molecular weight is 378 g/mol. The van der Waals surface area contributed by atoms with Crippen molar-refractivity contribution in [3.63, 3.8) is 0 Å². The van der Waals surface area contributed by atoms with Crippen LogP contribution in [0.15, 0.2) is 36.8 Å². The van der Waals surface area contributed by atoms with Gasteiger partial charge in [-0.15, -0.1) is 0 Å². The number of nitrogens with one attached hydrogen (secondary N) is 1. The summed E-state index contributed by atoms with van der Waals surface area (Å²) < 4.78 is 13.5. The first-order valence-electron chi connectivity index (χ1n) is 9.08. The number of amides is 1. The van der Waals surface area contributed by atoms with Crippen LogP contribution in [0.5, 0.6) is 0 Å². The minimum atomic E-state index is -0.611. The molecule has 7 nitrogen and oxygen atoms in total. The maximum Gasteiger partial charge on any atom is 0.253 e. The molecule has 1 aromatic carbocycles. The van der Waals surface area contributed by atoms with Gasteiger partial charge in [0, 0.05) is 37.9 Å². The molecule has 2 aromatic heterocycles. The maximum absolute atomic E-state index is 13.5. The zero-order valence-corrected chi connectivity index (χ0v) is 15.4. The number of benzene rings is 1. The van der Waals surface area contributed by atoms with Gasteiger partial charge in [-0.1, -0.05) is 0 Å². The number of piperidine rings is 1. The second kappa shape index (κ2) is 7.27. The van der Waals surface area contributed by atoms with E-state index in [0.29, 0.717) is 18.7 Å². The number of carbonyl (C=O) groups excluding carboxylic acids is 1. The molecule has 4 rings (SSSR count). The number of anilines is 1. The van der Waals surface area contributed by atoms with Crippen molar-refractivity contribution in [3.8, 4) is 6.07 Å². The minimum Gasteiger partial charge on any atom is -0.356 e. The maximum atomic E-state index is 13.5. The highest BCUT2D eigenvalue weighted by molar-refractivity contribution is 5.94. The van der Waals surface area contributed by atoms with Crippen molar-refractivity contribution in [1.29, 1.82) is 5.26 Å². The quantitative estimate of drug-likeness (QED) is 0.757. The number of aromatic amines is 1. The molecule has 0 saturated carbocycles. The third kappa shape index (κ3) is 3.16. The first kappa shape index (κ1) is 17.9. The number of likely N-dealkylation sites (tertiary alicyclic amines) is 1. The third-order valence-corrected chi connectivity index (χ3v) is 5.30. The predicted molar refractivity (Wildman–Crippen MR) is 102 cm³/mol. The van der Waals surface area contributed by atoms with E-state index in [2.05, 4.69) is 19.9 Å². The minimum absolute atomic E-state index is 0.111. The van der Waals surface area contributed by atoms with Gasteiger partial charge in [0.05, 0.1) is 10.9 Å². The first-order valence-corrected chi connectivity index (χ1v) is 9.08. The topological polar surface area (TPSA) is 88.9 Å². The molecule has 1 aliphatic heterocycles. The third-order valence-electron chi connectivity index (χ3n) is 5.30. The zero-order valence-electron chi connectivity index (χ0n) is 15.4. The Hall–Kier alpha value is -3.47. The van der Waals surface area contributed by atoms with Gasteiger partial charge in [0.15, 0.2) is 0 Å². The smallest absolute Gasteiger partial charge is 0.253 e. The summed E-state index contributed by atoms with van der Waals surface area (Å²) in [5.41, 5.74) is 1.03. The molecule has 1 aliphatic rings. The molecule has 0 unspecified atom stereocenters. The standard InChI is InChI=1S/C20H19FN6O/c1-26(19-16-4-7-23-18(16)24-12-25-19)15-5-8-27(9-6-15)20(28)13-2-3-17(21)14(10-13)11-22/h2-4,7,10,12,15H,5-6,8-9H2,1H3,(H,23,24,25). The number of carbonyl (C=O) groups is 1. The summed E-state index contributed by atoms with van der Waals surface area (Å²) in [6.07, 6.45) is 4.98. The highest BCUT2D eigenvalue weighted by atomic mass is 19.1. The fourth-order valence-electron chi connectivity index (χ4n) is 3.70. The van der Waals surface area contributed by atoms with Crippen LogP contribution in [0.3, 0.4) is 0 Å². The molecular formula is C20H19FN6O. The molecule has 142 valence electrons. The van der Waals surface area contributed by atoms with Gasteiger partial charge in [0.2, 0.25) is 0 Å². The van der Waals surface area contributed by atoms with Crippen molar-refractivity contribution < 1.29 is 9.18 Å². The number of rotatable bonds is 3. The molecule has 0 atom stereocenters. The molecule has 0 radical (unpaired) electrons. The van der Waals surface area contributed by atoms with Crippen LogP contribution in [-0.4, -0.2) is 51.9 Å². The lowest BCUT2D eigenvalue weighted by atomic mass is 10.0. The number of nitriles is 1. The van der Waals surface area contributed by atoms with Gasteiger partial charge in [-0.3, -0.25) is 4.79 Å². The summed E-state index contributed by atoms with van der Waals surface area (Å²) in [5, 5.41) is 9.94. The van der Waals surface area contributed by atoms with E-state index in [1.165, 1.54) is 18.2 Å². The van der Waals surface area contributed by atoms with E-state index < -0.39 is 5.82 Å². The normalized spacial score (nSPS) is 14.8. The average Bonchev–Trinajstić information content (AvgIpc) is 3.22. The fourth-order valence-corrected chi connectivity index (χ4v) is 3.70. The SMILES string of the molecule is CN(c1ncnc2[nH]ccc12)C1CCN(C(=O)c2ccc(F)c(C#N)c2)CC1. The molecule has 0 aliphatic carbocycles. The van der Waals surface area contributed by atoms with E-state index in [1.807, 2.05) is 19.3 Å². The van der Waals surface area contributed by atoms with Crippen LogP contribution in [0.1, 0.15) is 28.8 Å². The molecule has 28 heavy (non-hydrogen) atoms.